The number of amides is 1. The monoisotopic (exact) mass is 341 g/mol. The fourth-order valence-electron chi connectivity index (χ4n) is 1.12. The van der Waals surface area contributed by atoms with Gasteiger partial charge >= 0.3 is 12.3 Å². The minimum atomic E-state index is -4.50. The predicted molar refractivity (Wildman–Crippen MR) is 64.5 cm³/mol. The van der Waals surface area contributed by atoms with Gasteiger partial charge in [-0.1, -0.05) is 15.9 Å². The van der Waals surface area contributed by atoms with Crippen molar-refractivity contribution in [2.24, 2.45) is 0 Å². The number of carbonyl (C=O) groups excluding carboxylic acids is 1. The van der Waals surface area contributed by atoms with Gasteiger partial charge in [-0.3, -0.25) is 0 Å². The molecule has 0 saturated heterocycles. The zero-order chi connectivity index (χ0) is 14.6. The number of hydroxylamine groups is 1. The molecule has 8 heteroatoms. The van der Waals surface area contributed by atoms with Gasteiger partial charge in [-0.25, -0.2) is 4.79 Å². The Morgan fingerprint density at radius 3 is 2.47 bits per heavy atom. The number of hydrogen-bond acceptors (Lipinski definition) is 3. The number of rotatable bonds is 3. The van der Waals surface area contributed by atoms with Gasteiger partial charge in [-0.05, 0) is 32.0 Å². The first-order valence-electron chi connectivity index (χ1n) is 5.19. The van der Waals surface area contributed by atoms with Crippen LogP contribution in [0, 0.1) is 0 Å². The van der Waals surface area contributed by atoms with Crippen LogP contribution in [0.5, 0.6) is 5.75 Å². The second-order valence-corrected chi connectivity index (χ2v) is 4.75. The summed E-state index contributed by atoms with van der Waals surface area (Å²) < 4.78 is 42.5. The Kier molecular flexibility index (Phi) is 5.04. The summed E-state index contributed by atoms with van der Waals surface area (Å²) in [5, 5.41) is 0. The average Bonchev–Trinajstić information content (AvgIpc) is 2.23. The smallest absolute Gasteiger partial charge is 0.440 e. The van der Waals surface area contributed by atoms with E-state index in [9.17, 15) is 18.0 Å². The van der Waals surface area contributed by atoms with E-state index >= 15 is 0 Å². The summed E-state index contributed by atoms with van der Waals surface area (Å²) in [5.74, 6) is -0.164. The van der Waals surface area contributed by atoms with Gasteiger partial charge in [0.2, 0.25) is 0 Å². The number of nitrogens with one attached hydrogen (secondary N) is 1. The van der Waals surface area contributed by atoms with Gasteiger partial charge in [-0.15, -0.1) is 0 Å². The third-order valence-corrected chi connectivity index (χ3v) is 2.25. The summed E-state index contributed by atoms with van der Waals surface area (Å²) in [7, 11) is 0. The molecule has 0 bridgehead atoms. The van der Waals surface area contributed by atoms with Crippen molar-refractivity contribution >= 4 is 22.0 Å². The van der Waals surface area contributed by atoms with Crippen LogP contribution in [0.25, 0.3) is 0 Å². The molecule has 0 atom stereocenters. The van der Waals surface area contributed by atoms with Crippen molar-refractivity contribution < 1.29 is 27.5 Å². The Labute approximate surface area is 116 Å². The Balaban J connectivity index is 2.74. The van der Waals surface area contributed by atoms with Crippen LogP contribution in [-0.4, -0.2) is 12.2 Å². The van der Waals surface area contributed by atoms with Gasteiger partial charge in [0.05, 0.1) is 11.7 Å². The van der Waals surface area contributed by atoms with Crippen molar-refractivity contribution in [2.75, 3.05) is 0 Å². The molecular weight excluding hydrogens is 331 g/mol. The molecule has 1 aromatic rings. The lowest BCUT2D eigenvalue weighted by molar-refractivity contribution is -0.137. The van der Waals surface area contributed by atoms with Gasteiger partial charge in [0.1, 0.15) is 0 Å². The second-order valence-electron chi connectivity index (χ2n) is 3.83. The number of hydrogen-bond donors (Lipinski definition) is 1. The lowest BCUT2D eigenvalue weighted by Crippen LogP contribution is -2.29. The highest BCUT2D eigenvalue weighted by molar-refractivity contribution is 9.10. The van der Waals surface area contributed by atoms with Crippen molar-refractivity contribution in [1.82, 2.24) is 5.48 Å². The quantitative estimate of drug-likeness (QED) is 0.848. The van der Waals surface area contributed by atoms with E-state index in [4.69, 9.17) is 9.57 Å². The van der Waals surface area contributed by atoms with Crippen LogP contribution in [0.15, 0.2) is 22.7 Å². The van der Waals surface area contributed by atoms with Crippen LogP contribution in [0.3, 0.4) is 0 Å². The van der Waals surface area contributed by atoms with Gasteiger partial charge in [0, 0.05) is 4.47 Å². The van der Waals surface area contributed by atoms with Crippen molar-refractivity contribution in [2.45, 2.75) is 26.1 Å². The van der Waals surface area contributed by atoms with Gasteiger partial charge < -0.3 is 9.57 Å². The van der Waals surface area contributed by atoms with Crippen LogP contribution in [-0.2, 0) is 10.9 Å². The maximum absolute atomic E-state index is 12.5. The highest BCUT2D eigenvalue weighted by Crippen LogP contribution is 2.33. The van der Waals surface area contributed by atoms with Gasteiger partial charge in [-0.2, -0.15) is 18.7 Å². The second kappa shape index (κ2) is 6.14. The van der Waals surface area contributed by atoms with Crippen LogP contribution in [0.4, 0.5) is 18.0 Å². The van der Waals surface area contributed by atoms with E-state index in [1.54, 1.807) is 13.8 Å². The van der Waals surface area contributed by atoms with E-state index in [0.717, 1.165) is 12.1 Å². The van der Waals surface area contributed by atoms with Crippen molar-refractivity contribution in [1.29, 1.82) is 0 Å². The molecule has 0 unspecified atom stereocenters. The standard InChI is InChI=1S/C11H11BrF3NO3/c1-6(2)18-10(17)16-19-9-4-7(11(13,14)15)3-8(12)5-9/h3-6H,1-2H3,(H,16,17). The maximum Gasteiger partial charge on any atom is 0.440 e. The molecule has 0 radical (unpaired) electrons. The zero-order valence-corrected chi connectivity index (χ0v) is 11.6. The molecular formula is C11H11BrF3NO3. The van der Waals surface area contributed by atoms with Crippen LogP contribution in [0.1, 0.15) is 19.4 Å². The molecule has 0 heterocycles. The summed E-state index contributed by atoms with van der Waals surface area (Å²) in [6.45, 7) is 3.25. The maximum atomic E-state index is 12.5. The van der Waals surface area contributed by atoms with Gasteiger partial charge in [0.25, 0.3) is 0 Å². The van der Waals surface area contributed by atoms with E-state index in [0.29, 0.717) is 0 Å². The highest BCUT2D eigenvalue weighted by Gasteiger charge is 2.31. The molecule has 0 aliphatic rings. The number of ether oxygens (including phenoxy) is 1. The van der Waals surface area contributed by atoms with Crippen molar-refractivity contribution in [3.05, 3.63) is 28.2 Å². The minimum Gasteiger partial charge on any atom is -0.445 e. The number of benzene rings is 1. The molecule has 1 amide bonds. The Morgan fingerprint density at radius 1 is 1.32 bits per heavy atom. The number of carbonyl (C=O) groups is 1. The van der Waals surface area contributed by atoms with Crippen molar-refractivity contribution in [3.63, 3.8) is 0 Å². The predicted octanol–water partition coefficient (Wildman–Crippen LogP) is 3.90. The third-order valence-electron chi connectivity index (χ3n) is 1.79. The van der Waals surface area contributed by atoms with Crippen molar-refractivity contribution in [3.8, 4) is 5.75 Å². The largest absolute Gasteiger partial charge is 0.445 e. The zero-order valence-electron chi connectivity index (χ0n) is 10.0. The van der Waals surface area contributed by atoms with Crippen LogP contribution >= 0.6 is 15.9 Å². The molecule has 106 valence electrons. The first-order valence-corrected chi connectivity index (χ1v) is 5.99. The molecule has 0 fully saturated rings. The topological polar surface area (TPSA) is 47.6 Å². The molecule has 19 heavy (non-hydrogen) atoms. The normalized spacial score (nSPS) is 11.3. The lowest BCUT2D eigenvalue weighted by Gasteiger charge is -2.12. The van der Waals surface area contributed by atoms with E-state index in [1.165, 1.54) is 6.07 Å². The summed E-state index contributed by atoms with van der Waals surface area (Å²) in [4.78, 5) is 15.8. The summed E-state index contributed by atoms with van der Waals surface area (Å²) >= 11 is 2.93. The summed E-state index contributed by atoms with van der Waals surface area (Å²) in [5.41, 5.74) is 0.994. The molecule has 1 rings (SSSR count). The molecule has 0 spiro atoms. The van der Waals surface area contributed by atoms with E-state index in [-0.39, 0.29) is 16.3 Å². The van der Waals surface area contributed by atoms with Crippen LogP contribution in [0.2, 0.25) is 0 Å². The van der Waals surface area contributed by atoms with Gasteiger partial charge in [0.15, 0.2) is 5.75 Å². The fourth-order valence-corrected chi connectivity index (χ4v) is 1.60. The SMILES string of the molecule is CC(C)OC(=O)NOc1cc(Br)cc(C(F)(F)F)c1. The van der Waals surface area contributed by atoms with Crippen LogP contribution < -0.4 is 10.3 Å². The Bertz CT molecular complexity index is 463. The minimum absolute atomic E-state index is 0.164. The first kappa shape index (κ1) is 15.6. The molecule has 1 aromatic carbocycles. The third kappa shape index (κ3) is 5.37. The van der Waals surface area contributed by atoms with E-state index < -0.39 is 17.8 Å². The average molecular weight is 342 g/mol. The molecule has 0 aliphatic heterocycles. The molecule has 1 N–H and O–H groups in total. The number of halogens is 4. The molecule has 4 nitrogen and oxygen atoms in total. The number of alkyl halides is 3. The lowest BCUT2D eigenvalue weighted by atomic mass is 10.2. The summed E-state index contributed by atoms with van der Waals surface area (Å²) in [6.07, 6.45) is -5.75. The molecule has 0 aromatic heterocycles. The fraction of sp³-hybridized carbons (Fsp3) is 0.364. The summed E-state index contributed by atoms with van der Waals surface area (Å²) in [6, 6.07) is 2.95. The Hall–Kier alpha value is -1.44. The Morgan fingerprint density at radius 2 is 1.95 bits per heavy atom. The molecule has 0 saturated carbocycles. The highest BCUT2D eigenvalue weighted by atomic mass is 79.9. The van der Waals surface area contributed by atoms with E-state index in [1.807, 2.05) is 5.48 Å². The van der Waals surface area contributed by atoms with E-state index in [2.05, 4.69) is 15.9 Å². The molecule has 0 aliphatic carbocycles. The first-order chi connectivity index (χ1) is 8.68.